The first-order chi connectivity index (χ1) is 16.3. The Morgan fingerprint density at radius 2 is 1.56 bits per heavy atom. The monoisotopic (exact) mass is 482 g/mol. The standard InChI is InChI=1S/C25H26N2O6S/c1-3-32-25(29)20-9-11-21(12-10-20)26-24(28)18-33-22-13-15-23(16-14-22)34(30,31)27(2)17-19-7-5-4-6-8-19/h4-16H,3,17-18H2,1-2H3,(H,26,28). The van der Waals surface area contributed by atoms with E-state index < -0.39 is 21.9 Å². The summed E-state index contributed by atoms with van der Waals surface area (Å²) in [7, 11) is -2.15. The molecule has 0 spiro atoms. The molecule has 0 aliphatic carbocycles. The highest BCUT2D eigenvalue weighted by molar-refractivity contribution is 7.89. The Kier molecular flexibility index (Phi) is 8.39. The molecule has 0 atom stereocenters. The van der Waals surface area contributed by atoms with E-state index in [-0.39, 0.29) is 24.7 Å². The summed E-state index contributed by atoms with van der Waals surface area (Å²) < 4.78 is 37.3. The van der Waals surface area contributed by atoms with E-state index in [0.717, 1.165) is 5.56 Å². The molecule has 1 N–H and O–H groups in total. The maximum absolute atomic E-state index is 12.8. The molecule has 0 unspecified atom stereocenters. The fourth-order valence-corrected chi connectivity index (χ4v) is 4.22. The van der Waals surface area contributed by atoms with Gasteiger partial charge in [0.05, 0.1) is 17.1 Å². The molecule has 0 heterocycles. The van der Waals surface area contributed by atoms with Gasteiger partial charge in [-0.2, -0.15) is 4.31 Å². The number of nitrogens with zero attached hydrogens (tertiary/aromatic N) is 1. The van der Waals surface area contributed by atoms with Crippen LogP contribution in [-0.2, 0) is 26.1 Å². The van der Waals surface area contributed by atoms with Crippen LogP contribution in [-0.4, -0.2) is 44.9 Å². The van der Waals surface area contributed by atoms with Gasteiger partial charge in [-0.05, 0) is 61.0 Å². The molecule has 3 rings (SSSR count). The zero-order valence-electron chi connectivity index (χ0n) is 18.9. The van der Waals surface area contributed by atoms with E-state index in [1.807, 2.05) is 30.3 Å². The summed E-state index contributed by atoms with van der Waals surface area (Å²) >= 11 is 0. The highest BCUT2D eigenvalue weighted by Gasteiger charge is 2.21. The van der Waals surface area contributed by atoms with E-state index >= 15 is 0 Å². The number of sulfonamides is 1. The first kappa shape index (κ1) is 24.9. The SMILES string of the molecule is CCOC(=O)c1ccc(NC(=O)COc2ccc(S(=O)(=O)N(C)Cc3ccccc3)cc2)cc1. The highest BCUT2D eigenvalue weighted by atomic mass is 32.2. The molecule has 0 bridgehead atoms. The third-order valence-corrected chi connectivity index (χ3v) is 6.65. The van der Waals surface area contributed by atoms with E-state index in [0.29, 0.717) is 17.0 Å². The predicted octanol–water partition coefficient (Wildman–Crippen LogP) is 3.70. The summed E-state index contributed by atoms with van der Waals surface area (Å²) in [6.45, 7) is 2.00. The molecule has 0 radical (unpaired) electrons. The lowest BCUT2D eigenvalue weighted by molar-refractivity contribution is -0.118. The molecule has 8 nitrogen and oxygen atoms in total. The number of rotatable bonds is 10. The van der Waals surface area contributed by atoms with Gasteiger partial charge in [0.2, 0.25) is 10.0 Å². The van der Waals surface area contributed by atoms with Gasteiger partial charge < -0.3 is 14.8 Å². The second kappa shape index (κ2) is 11.4. The summed E-state index contributed by atoms with van der Waals surface area (Å²) in [5.41, 5.74) is 1.78. The second-order valence-electron chi connectivity index (χ2n) is 7.35. The first-order valence-corrected chi connectivity index (χ1v) is 12.0. The van der Waals surface area contributed by atoms with Gasteiger partial charge in [-0.15, -0.1) is 0 Å². The van der Waals surface area contributed by atoms with Crippen LogP contribution in [0.15, 0.2) is 83.8 Å². The molecule has 0 aliphatic rings. The second-order valence-corrected chi connectivity index (χ2v) is 9.40. The minimum absolute atomic E-state index is 0.129. The largest absolute Gasteiger partial charge is 0.484 e. The number of benzene rings is 3. The van der Waals surface area contributed by atoms with Crippen LogP contribution in [0.4, 0.5) is 5.69 Å². The third kappa shape index (κ3) is 6.66. The van der Waals surface area contributed by atoms with Crippen molar-refractivity contribution in [3.63, 3.8) is 0 Å². The number of nitrogens with one attached hydrogen (secondary N) is 1. The van der Waals surface area contributed by atoms with Gasteiger partial charge in [0, 0.05) is 19.3 Å². The molecule has 0 aromatic heterocycles. The normalized spacial score (nSPS) is 11.1. The lowest BCUT2D eigenvalue weighted by Crippen LogP contribution is -2.26. The Morgan fingerprint density at radius 3 is 2.18 bits per heavy atom. The number of ether oxygens (including phenoxy) is 2. The quantitative estimate of drug-likeness (QED) is 0.442. The van der Waals surface area contributed by atoms with Crippen molar-refractivity contribution in [1.29, 1.82) is 0 Å². The number of anilines is 1. The van der Waals surface area contributed by atoms with Crippen LogP contribution in [0.25, 0.3) is 0 Å². The minimum Gasteiger partial charge on any atom is -0.484 e. The summed E-state index contributed by atoms with van der Waals surface area (Å²) in [6, 6.07) is 21.5. The first-order valence-electron chi connectivity index (χ1n) is 10.6. The number of amides is 1. The van der Waals surface area contributed by atoms with Gasteiger partial charge in [-0.1, -0.05) is 30.3 Å². The Morgan fingerprint density at radius 1 is 0.912 bits per heavy atom. The molecule has 0 aliphatic heterocycles. The number of carbonyl (C=O) groups excluding carboxylic acids is 2. The molecule has 34 heavy (non-hydrogen) atoms. The van der Waals surface area contributed by atoms with Crippen LogP contribution in [0.5, 0.6) is 5.75 Å². The van der Waals surface area contributed by atoms with Gasteiger partial charge in [-0.3, -0.25) is 4.79 Å². The molecule has 0 fully saturated rings. The maximum atomic E-state index is 12.8. The number of esters is 1. The van der Waals surface area contributed by atoms with E-state index in [9.17, 15) is 18.0 Å². The highest BCUT2D eigenvalue weighted by Crippen LogP contribution is 2.20. The predicted molar refractivity (Wildman–Crippen MR) is 128 cm³/mol. The van der Waals surface area contributed by atoms with Crippen LogP contribution in [0.2, 0.25) is 0 Å². The third-order valence-electron chi connectivity index (χ3n) is 4.83. The molecule has 1 amide bonds. The van der Waals surface area contributed by atoms with Gasteiger partial charge in [-0.25, -0.2) is 13.2 Å². The number of hydrogen-bond acceptors (Lipinski definition) is 6. The lowest BCUT2D eigenvalue weighted by atomic mass is 10.2. The molecule has 178 valence electrons. The van der Waals surface area contributed by atoms with Crippen molar-refractivity contribution in [2.45, 2.75) is 18.4 Å². The van der Waals surface area contributed by atoms with Crippen LogP contribution in [0.3, 0.4) is 0 Å². The topological polar surface area (TPSA) is 102 Å². The number of hydrogen-bond donors (Lipinski definition) is 1. The molecule has 0 saturated carbocycles. The molecule has 0 saturated heterocycles. The zero-order valence-corrected chi connectivity index (χ0v) is 19.7. The average Bonchev–Trinajstić information content (AvgIpc) is 2.84. The van der Waals surface area contributed by atoms with E-state index in [2.05, 4.69) is 5.32 Å². The Hall–Kier alpha value is -3.69. The summed E-state index contributed by atoms with van der Waals surface area (Å²) in [6.07, 6.45) is 0. The summed E-state index contributed by atoms with van der Waals surface area (Å²) in [4.78, 5) is 24.0. The Bertz CT molecular complexity index is 1210. The Balaban J connectivity index is 1.53. The van der Waals surface area contributed by atoms with Crippen molar-refractivity contribution in [3.8, 4) is 5.75 Å². The van der Waals surface area contributed by atoms with Crippen LogP contribution >= 0.6 is 0 Å². The van der Waals surface area contributed by atoms with Crippen molar-refractivity contribution in [2.24, 2.45) is 0 Å². The molecule has 3 aromatic rings. The van der Waals surface area contributed by atoms with E-state index in [1.54, 1.807) is 31.2 Å². The Labute approximate surface area is 199 Å². The summed E-state index contributed by atoms with van der Waals surface area (Å²) in [5.74, 6) is -0.471. The van der Waals surface area contributed by atoms with Crippen molar-refractivity contribution >= 4 is 27.6 Å². The fraction of sp³-hybridized carbons (Fsp3) is 0.200. The van der Waals surface area contributed by atoms with Crippen molar-refractivity contribution in [3.05, 3.63) is 90.0 Å². The molecule has 3 aromatic carbocycles. The minimum atomic E-state index is -3.67. The van der Waals surface area contributed by atoms with E-state index in [1.165, 1.54) is 35.6 Å². The van der Waals surface area contributed by atoms with Gasteiger partial charge >= 0.3 is 5.97 Å². The average molecular weight is 483 g/mol. The summed E-state index contributed by atoms with van der Waals surface area (Å²) in [5, 5.41) is 2.67. The zero-order chi connectivity index (χ0) is 24.6. The number of carbonyl (C=O) groups is 2. The van der Waals surface area contributed by atoms with Crippen molar-refractivity contribution in [2.75, 3.05) is 25.6 Å². The van der Waals surface area contributed by atoms with Gasteiger partial charge in [0.25, 0.3) is 5.91 Å². The van der Waals surface area contributed by atoms with E-state index in [4.69, 9.17) is 9.47 Å². The van der Waals surface area contributed by atoms with Crippen LogP contribution in [0, 0.1) is 0 Å². The smallest absolute Gasteiger partial charge is 0.338 e. The van der Waals surface area contributed by atoms with Crippen molar-refractivity contribution in [1.82, 2.24) is 4.31 Å². The van der Waals surface area contributed by atoms with Gasteiger partial charge in [0.1, 0.15) is 5.75 Å². The van der Waals surface area contributed by atoms with Gasteiger partial charge in [0.15, 0.2) is 6.61 Å². The molecular weight excluding hydrogens is 456 g/mol. The maximum Gasteiger partial charge on any atom is 0.338 e. The van der Waals surface area contributed by atoms with Crippen LogP contribution < -0.4 is 10.1 Å². The molecule has 9 heteroatoms. The lowest BCUT2D eigenvalue weighted by Gasteiger charge is -2.17. The molecular formula is C25H26N2O6S. The fourth-order valence-electron chi connectivity index (χ4n) is 3.06. The van der Waals surface area contributed by atoms with Crippen molar-refractivity contribution < 1.29 is 27.5 Å². The van der Waals surface area contributed by atoms with Crippen LogP contribution in [0.1, 0.15) is 22.8 Å².